The Morgan fingerprint density at radius 1 is 1.16 bits per heavy atom. The van der Waals surface area contributed by atoms with Gasteiger partial charge in [-0.1, -0.05) is 27.5 Å². The Kier molecular flexibility index (Phi) is 9.04. The van der Waals surface area contributed by atoms with Gasteiger partial charge >= 0.3 is 6.18 Å². The number of ether oxygens (including phenoxy) is 1. The second-order valence-corrected chi connectivity index (χ2v) is 11.8. The molecule has 45 heavy (non-hydrogen) atoms. The molecule has 1 heterocycles. The Morgan fingerprint density at radius 2 is 1.84 bits per heavy atom. The van der Waals surface area contributed by atoms with Crippen molar-refractivity contribution in [3.63, 3.8) is 0 Å². The van der Waals surface area contributed by atoms with E-state index in [-0.39, 0.29) is 40.4 Å². The number of carbonyl (C=O) groups excluding carboxylic acids is 2. The molecule has 1 aliphatic heterocycles. The Morgan fingerprint density at radius 3 is 2.47 bits per heavy atom. The normalized spacial score (nSPS) is 16.6. The summed E-state index contributed by atoms with van der Waals surface area (Å²) in [5, 5.41) is 11.0. The first kappa shape index (κ1) is 32.5. The number of nitrogens with zero attached hydrogens (tertiary/aromatic N) is 1. The summed E-state index contributed by atoms with van der Waals surface area (Å²) in [4.78, 5) is 27.1. The predicted molar refractivity (Wildman–Crippen MR) is 160 cm³/mol. The van der Waals surface area contributed by atoms with Crippen LogP contribution in [0.4, 0.5) is 49.1 Å². The molecule has 3 aromatic carbocycles. The highest BCUT2D eigenvalue weighted by Crippen LogP contribution is 2.57. The van der Waals surface area contributed by atoms with E-state index in [4.69, 9.17) is 16.3 Å². The van der Waals surface area contributed by atoms with Gasteiger partial charge in [-0.15, -0.1) is 0 Å². The van der Waals surface area contributed by atoms with Crippen molar-refractivity contribution < 1.29 is 40.7 Å². The van der Waals surface area contributed by atoms with Gasteiger partial charge in [0, 0.05) is 35.4 Å². The highest BCUT2D eigenvalue weighted by atomic mass is 79.9. The number of amides is 2. The molecule has 1 aliphatic carbocycles. The largest absolute Gasteiger partial charge is 0.487 e. The van der Waals surface area contributed by atoms with Crippen LogP contribution < -0.4 is 30.9 Å². The van der Waals surface area contributed by atoms with Crippen LogP contribution in [0.25, 0.3) is 0 Å². The molecule has 0 aromatic heterocycles. The van der Waals surface area contributed by atoms with Gasteiger partial charge in [0.15, 0.2) is 6.29 Å². The number of anilines is 4. The van der Waals surface area contributed by atoms with Gasteiger partial charge in [-0.05, 0) is 55.3 Å². The summed E-state index contributed by atoms with van der Waals surface area (Å²) < 4.78 is 86.7. The van der Waals surface area contributed by atoms with Crippen LogP contribution in [-0.2, 0) is 11.3 Å². The van der Waals surface area contributed by atoms with Crippen molar-refractivity contribution in [3.8, 4) is 5.75 Å². The number of hydrogen-bond donors (Lipinski definition) is 4. The van der Waals surface area contributed by atoms with Gasteiger partial charge < -0.3 is 30.9 Å². The summed E-state index contributed by atoms with van der Waals surface area (Å²) in [6.45, 7) is -1.46. The Labute approximate surface area is 266 Å². The van der Waals surface area contributed by atoms with Crippen molar-refractivity contribution in [1.29, 1.82) is 0 Å². The van der Waals surface area contributed by atoms with Gasteiger partial charge in [-0.25, -0.2) is 13.2 Å². The summed E-state index contributed by atoms with van der Waals surface area (Å²) >= 11 is 9.57. The van der Waals surface area contributed by atoms with Crippen LogP contribution in [0, 0.1) is 11.2 Å². The van der Waals surface area contributed by atoms with Crippen LogP contribution in [0.5, 0.6) is 5.75 Å². The van der Waals surface area contributed by atoms with E-state index < -0.39 is 55.1 Å². The zero-order valence-corrected chi connectivity index (χ0v) is 25.6. The summed E-state index contributed by atoms with van der Waals surface area (Å²) in [6, 6.07) is 11.8. The molecular formula is C29H25BrClF6N5O3. The van der Waals surface area contributed by atoms with Gasteiger partial charge in [0.1, 0.15) is 23.6 Å². The summed E-state index contributed by atoms with van der Waals surface area (Å²) in [5.74, 6) is -2.77. The minimum absolute atomic E-state index is 0.0241. The van der Waals surface area contributed by atoms with E-state index in [9.17, 15) is 35.9 Å². The highest BCUT2D eigenvalue weighted by Gasteiger charge is 2.68. The minimum atomic E-state index is -4.71. The summed E-state index contributed by atoms with van der Waals surface area (Å²) in [5.41, 5.74) is -1.07. The van der Waals surface area contributed by atoms with E-state index in [1.54, 1.807) is 36.2 Å². The molecule has 16 heteroatoms. The number of fused-ring (bicyclic) bond motifs is 1. The fourth-order valence-electron chi connectivity index (χ4n) is 4.77. The number of halogens is 8. The fraction of sp³-hybridized carbons (Fsp3) is 0.310. The average Bonchev–Trinajstić information content (AvgIpc) is 3.75. The van der Waals surface area contributed by atoms with E-state index in [1.807, 2.05) is 0 Å². The first-order valence-electron chi connectivity index (χ1n) is 13.4. The number of alkyl halides is 5. The van der Waals surface area contributed by atoms with Crippen LogP contribution >= 0.6 is 27.5 Å². The third kappa shape index (κ3) is 6.88. The lowest BCUT2D eigenvalue weighted by Crippen LogP contribution is -2.41. The maximum Gasteiger partial charge on any atom is 0.403 e. The molecule has 0 radical (unpaired) electrons. The Balaban J connectivity index is 1.34. The second kappa shape index (κ2) is 12.5. The van der Waals surface area contributed by atoms with E-state index in [2.05, 4.69) is 37.2 Å². The molecule has 0 bridgehead atoms. The number of hydrogen-bond acceptors (Lipinski definition) is 6. The minimum Gasteiger partial charge on any atom is -0.487 e. The van der Waals surface area contributed by atoms with Gasteiger partial charge in [0.2, 0.25) is 5.91 Å². The predicted octanol–water partition coefficient (Wildman–Crippen LogP) is 7.35. The molecular weight excluding hydrogens is 696 g/mol. The third-order valence-electron chi connectivity index (χ3n) is 7.46. The van der Waals surface area contributed by atoms with Crippen LogP contribution in [0.3, 0.4) is 0 Å². The molecule has 8 nitrogen and oxygen atoms in total. The molecule has 1 atom stereocenters. The molecule has 1 saturated carbocycles. The monoisotopic (exact) mass is 719 g/mol. The van der Waals surface area contributed by atoms with Crippen LogP contribution in [0.1, 0.15) is 28.8 Å². The summed E-state index contributed by atoms with van der Waals surface area (Å²) in [7, 11) is 1.64. The van der Waals surface area contributed by atoms with E-state index in [0.717, 1.165) is 10.5 Å². The Hall–Kier alpha value is -3.85. The quantitative estimate of drug-likeness (QED) is 0.164. The Bertz CT molecular complexity index is 1620. The SMILES string of the molecule is CN1c2cc(OCC(F)F)c(C(=O)Nc3ccc(Br)cc3)cc2NC1Nc1cc(CNC(=O)C2(C(F)(F)F)CC2)c(F)cc1Cl. The molecule has 0 saturated heterocycles. The average molecular weight is 721 g/mol. The maximum absolute atomic E-state index is 14.7. The molecule has 1 fully saturated rings. The second-order valence-electron chi connectivity index (χ2n) is 10.5. The van der Waals surface area contributed by atoms with Crippen molar-refractivity contribution in [2.24, 2.45) is 5.41 Å². The van der Waals surface area contributed by atoms with E-state index >= 15 is 0 Å². The van der Waals surface area contributed by atoms with Crippen molar-refractivity contribution >= 4 is 62.1 Å². The first-order chi connectivity index (χ1) is 21.2. The van der Waals surface area contributed by atoms with Gasteiger partial charge in [-0.2, -0.15) is 13.2 Å². The zero-order chi connectivity index (χ0) is 32.7. The summed E-state index contributed by atoms with van der Waals surface area (Å²) in [6.07, 6.45) is -8.94. The number of rotatable bonds is 10. The van der Waals surface area contributed by atoms with Crippen LogP contribution in [0.2, 0.25) is 5.02 Å². The number of carbonyl (C=O) groups is 2. The van der Waals surface area contributed by atoms with Crippen molar-refractivity contribution in [3.05, 3.63) is 75.0 Å². The number of benzene rings is 3. The molecule has 5 rings (SSSR count). The van der Waals surface area contributed by atoms with Crippen molar-refractivity contribution in [2.45, 2.75) is 38.3 Å². The topological polar surface area (TPSA) is 94.7 Å². The molecule has 2 aliphatic rings. The molecule has 3 aromatic rings. The standard InChI is InChI=1S/C29H25BrClF6N5O3/c1-42-22-11-23(45-13-24(33)34)17(25(43)39-16-4-2-15(30)3-5-16)9-21(22)41-27(42)40-20-8-14(19(32)10-18(20)31)12-38-26(44)28(6-7-28)29(35,36)37/h2-5,8-11,24,27,40-41H,6-7,12-13H2,1H3,(H,38,44)(H,39,43). The zero-order valence-electron chi connectivity index (χ0n) is 23.3. The molecule has 240 valence electrons. The lowest BCUT2D eigenvalue weighted by atomic mass is 10.1. The van der Waals surface area contributed by atoms with Gasteiger partial charge in [-0.3, -0.25) is 9.59 Å². The lowest BCUT2D eigenvalue weighted by Gasteiger charge is -2.25. The smallest absolute Gasteiger partial charge is 0.403 e. The van der Waals surface area contributed by atoms with Crippen molar-refractivity contribution in [2.75, 3.05) is 34.5 Å². The first-order valence-corrected chi connectivity index (χ1v) is 14.6. The van der Waals surface area contributed by atoms with Gasteiger partial charge in [0.05, 0.1) is 27.6 Å². The van der Waals surface area contributed by atoms with E-state index in [1.165, 1.54) is 18.2 Å². The lowest BCUT2D eigenvalue weighted by molar-refractivity contribution is -0.192. The fourth-order valence-corrected chi connectivity index (χ4v) is 5.24. The molecule has 0 spiro atoms. The number of nitrogens with one attached hydrogen (secondary N) is 4. The van der Waals surface area contributed by atoms with E-state index in [0.29, 0.717) is 17.1 Å². The molecule has 1 unspecified atom stereocenters. The molecule has 2 amide bonds. The van der Waals surface area contributed by atoms with Crippen LogP contribution in [-0.4, -0.2) is 44.4 Å². The highest BCUT2D eigenvalue weighted by molar-refractivity contribution is 9.10. The third-order valence-corrected chi connectivity index (χ3v) is 8.31. The van der Waals surface area contributed by atoms with Gasteiger partial charge in [0.25, 0.3) is 12.3 Å². The molecule has 4 N–H and O–H groups in total. The maximum atomic E-state index is 14.7. The van der Waals surface area contributed by atoms with Crippen LogP contribution in [0.15, 0.2) is 53.0 Å². The van der Waals surface area contributed by atoms with Crippen molar-refractivity contribution in [1.82, 2.24) is 5.32 Å².